The van der Waals surface area contributed by atoms with E-state index in [1.165, 1.54) is 21.3 Å². The van der Waals surface area contributed by atoms with Gasteiger partial charge in [-0.15, -0.1) is 0 Å². The Hall–Kier alpha value is -4.20. The summed E-state index contributed by atoms with van der Waals surface area (Å²) in [5.41, 5.74) is 1.40. The Morgan fingerprint density at radius 1 is 0.719 bits per heavy atom. The molecule has 3 rings (SSSR count). The van der Waals surface area contributed by atoms with Crippen molar-refractivity contribution in [3.05, 3.63) is 72.3 Å². The summed E-state index contributed by atoms with van der Waals surface area (Å²) in [5.74, 6) is 1.33. The van der Waals surface area contributed by atoms with Crippen molar-refractivity contribution < 1.29 is 28.5 Å². The highest BCUT2D eigenvalue weighted by Crippen LogP contribution is 2.26. The molecule has 0 atom stereocenters. The van der Waals surface area contributed by atoms with Gasteiger partial charge in [0.2, 0.25) is 0 Å². The maximum Gasteiger partial charge on any atom is 0.262 e. The fourth-order valence-corrected chi connectivity index (χ4v) is 2.89. The van der Waals surface area contributed by atoms with Crippen LogP contribution < -0.4 is 29.6 Å². The number of carbonyl (C=O) groups is 2. The summed E-state index contributed by atoms with van der Waals surface area (Å²) in [6.07, 6.45) is 0. The summed E-state index contributed by atoms with van der Waals surface area (Å²) in [4.78, 5) is 25.0. The van der Waals surface area contributed by atoms with Gasteiger partial charge in [-0.1, -0.05) is 18.2 Å². The van der Waals surface area contributed by atoms with Crippen molar-refractivity contribution in [3.8, 4) is 23.0 Å². The normalized spacial score (nSPS) is 10.1. The lowest BCUT2D eigenvalue weighted by atomic mass is 10.1. The molecule has 3 aromatic carbocycles. The molecular weight excluding hydrogens is 412 g/mol. The van der Waals surface area contributed by atoms with Gasteiger partial charge >= 0.3 is 0 Å². The lowest BCUT2D eigenvalue weighted by Crippen LogP contribution is -2.20. The zero-order valence-corrected chi connectivity index (χ0v) is 18.0. The summed E-state index contributed by atoms with van der Waals surface area (Å²) in [7, 11) is 4.56. The first-order valence-corrected chi connectivity index (χ1v) is 9.72. The van der Waals surface area contributed by atoms with Crippen LogP contribution in [-0.2, 0) is 4.79 Å². The van der Waals surface area contributed by atoms with Crippen molar-refractivity contribution >= 4 is 23.2 Å². The van der Waals surface area contributed by atoms with E-state index in [1.54, 1.807) is 60.7 Å². The van der Waals surface area contributed by atoms with Crippen molar-refractivity contribution in [2.24, 2.45) is 0 Å². The second kappa shape index (κ2) is 10.7. The van der Waals surface area contributed by atoms with E-state index in [-0.39, 0.29) is 18.4 Å². The minimum atomic E-state index is -0.350. The third kappa shape index (κ3) is 5.91. The zero-order chi connectivity index (χ0) is 22.9. The molecule has 2 N–H and O–H groups in total. The molecule has 166 valence electrons. The number of rotatable bonds is 9. The van der Waals surface area contributed by atoms with Gasteiger partial charge in [-0.05, 0) is 42.5 Å². The number of amides is 2. The maximum absolute atomic E-state index is 12.7. The predicted octanol–water partition coefficient (Wildman–Crippen LogP) is 3.98. The standard InChI is InChI=1S/C24H24N2O6/c1-29-19-11-16(12-20(14-19)30-2)24(28)26-18-8-6-7-17(13-18)25-23(27)15-32-22-10-5-4-9-21(22)31-3/h4-14H,15H2,1-3H3,(H,25,27)(H,26,28). The van der Waals surface area contributed by atoms with Crippen molar-refractivity contribution in [1.82, 2.24) is 0 Å². The number of ether oxygens (including phenoxy) is 4. The van der Waals surface area contributed by atoms with E-state index in [1.807, 2.05) is 6.07 Å². The molecule has 0 saturated carbocycles. The molecule has 3 aromatic rings. The maximum atomic E-state index is 12.7. The number of anilines is 2. The molecule has 0 spiro atoms. The van der Waals surface area contributed by atoms with Crippen LogP contribution in [0.4, 0.5) is 11.4 Å². The number of para-hydroxylation sites is 2. The highest BCUT2D eigenvalue weighted by molar-refractivity contribution is 6.05. The minimum Gasteiger partial charge on any atom is -0.497 e. The smallest absolute Gasteiger partial charge is 0.262 e. The van der Waals surface area contributed by atoms with Gasteiger partial charge in [0.15, 0.2) is 18.1 Å². The van der Waals surface area contributed by atoms with Crippen LogP contribution in [0.5, 0.6) is 23.0 Å². The third-order valence-electron chi connectivity index (χ3n) is 4.45. The number of methoxy groups -OCH3 is 3. The molecule has 0 aromatic heterocycles. The van der Waals surface area contributed by atoms with Gasteiger partial charge < -0.3 is 29.6 Å². The fraction of sp³-hybridized carbons (Fsp3) is 0.167. The molecule has 0 aliphatic rings. The fourth-order valence-electron chi connectivity index (χ4n) is 2.89. The van der Waals surface area contributed by atoms with Gasteiger partial charge in [-0.25, -0.2) is 0 Å². The molecule has 0 aliphatic carbocycles. The molecule has 0 fully saturated rings. The summed E-state index contributed by atoms with van der Waals surface area (Å²) in [6.45, 7) is -0.194. The zero-order valence-electron chi connectivity index (χ0n) is 18.0. The van der Waals surface area contributed by atoms with Gasteiger partial charge in [-0.3, -0.25) is 9.59 Å². The second-order valence-corrected chi connectivity index (χ2v) is 6.62. The van der Waals surface area contributed by atoms with Crippen molar-refractivity contribution in [3.63, 3.8) is 0 Å². The van der Waals surface area contributed by atoms with Crippen LogP contribution in [0.3, 0.4) is 0 Å². The van der Waals surface area contributed by atoms with E-state index < -0.39 is 0 Å². The van der Waals surface area contributed by atoms with Crippen molar-refractivity contribution in [1.29, 1.82) is 0 Å². The molecule has 0 bridgehead atoms. The van der Waals surface area contributed by atoms with Gasteiger partial charge in [-0.2, -0.15) is 0 Å². The number of hydrogen-bond acceptors (Lipinski definition) is 6. The Balaban J connectivity index is 1.62. The van der Waals surface area contributed by atoms with Crippen LogP contribution in [0.15, 0.2) is 66.7 Å². The molecule has 0 unspecified atom stereocenters. The topological polar surface area (TPSA) is 95.1 Å². The SMILES string of the molecule is COc1cc(OC)cc(C(=O)Nc2cccc(NC(=O)COc3ccccc3OC)c2)c1. The van der Waals surface area contributed by atoms with E-state index in [0.717, 1.165) is 0 Å². The largest absolute Gasteiger partial charge is 0.497 e. The first-order valence-electron chi connectivity index (χ1n) is 9.72. The van der Waals surface area contributed by atoms with Crippen LogP contribution in [-0.4, -0.2) is 39.8 Å². The van der Waals surface area contributed by atoms with Crippen LogP contribution in [0.1, 0.15) is 10.4 Å². The Morgan fingerprint density at radius 2 is 1.34 bits per heavy atom. The Kier molecular flexibility index (Phi) is 7.53. The molecule has 2 amide bonds. The average molecular weight is 436 g/mol. The van der Waals surface area contributed by atoms with Gasteiger partial charge in [0.25, 0.3) is 11.8 Å². The second-order valence-electron chi connectivity index (χ2n) is 6.62. The quantitative estimate of drug-likeness (QED) is 0.527. The predicted molar refractivity (Wildman–Crippen MR) is 121 cm³/mol. The summed E-state index contributed by atoms with van der Waals surface area (Å²) in [5, 5.41) is 5.54. The van der Waals surface area contributed by atoms with Crippen LogP contribution in [0.2, 0.25) is 0 Å². The van der Waals surface area contributed by atoms with Crippen LogP contribution in [0, 0.1) is 0 Å². The average Bonchev–Trinajstić information content (AvgIpc) is 2.82. The third-order valence-corrected chi connectivity index (χ3v) is 4.45. The van der Waals surface area contributed by atoms with E-state index in [0.29, 0.717) is 39.9 Å². The molecule has 0 aliphatic heterocycles. The summed E-state index contributed by atoms with van der Waals surface area (Å²) in [6, 6.07) is 18.8. The van der Waals surface area contributed by atoms with E-state index in [2.05, 4.69) is 10.6 Å². The number of nitrogens with one attached hydrogen (secondary N) is 2. The van der Waals surface area contributed by atoms with Gasteiger partial charge in [0.05, 0.1) is 21.3 Å². The first kappa shape index (κ1) is 22.5. The molecule has 0 heterocycles. The summed E-state index contributed by atoms with van der Waals surface area (Å²) < 4.78 is 21.1. The summed E-state index contributed by atoms with van der Waals surface area (Å²) >= 11 is 0. The van der Waals surface area contributed by atoms with Gasteiger partial charge in [0, 0.05) is 23.0 Å². The number of carbonyl (C=O) groups excluding carboxylic acids is 2. The van der Waals surface area contributed by atoms with Crippen molar-refractivity contribution in [2.45, 2.75) is 0 Å². The Morgan fingerprint density at radius 3 is 1.97 bits per heavy atom. The lowest BCUT2D eigenvalue weighted by Gasteiger charge is -2.12. The van der Waals surface area contributed by atoms with Gasteiger partial charge in [0.1, 0.15) is 11.5 Å². The Labute approximate surface area is 186 Å². The molecule has 32 heavy (non-hydrogen) atoms. The molecule has 8 heteroatoms. The van der Waals surface area contributed by atoms with Crippen molar-refractivity contribution in [2.75, 3.05) is 38.6 Å². The molecule has 0 saturated heterocycles. The monoisotopic (exact) mass is 436 g/mol. The molecular formula is C24H24N2O6. The highest BCUT2D eigenvalue weighted by Gasteiger charge is 2.12. The number of hydrogen-bond donors (Lipinski definition) is 2. The van der Waals surface area contributed by atoms with Crippen LogP contribution in [0.25, 0.3) is 0 Å². The van der Waals surface area contributed by atoms with E-state index in [4.69, 9.17) is 18.9 Å². The first-order chi connectivity index (χ1) is 15.5. The lowest BCUT2D eigenvalue weighted by molar-refractivity contribution is -0.118. The molecule has 0 radical (unpaired) electrons. The van der Waals surface area contributed by atoms with E-state index >= 15 is 0 Å². The molecule has 8 nitrogen and oxygen atoms in total. The van der Waals surface area contributed by atoms with E-state index in [9.17, 15) is 9.59 Å². The minimum absolute atomic E-state index is 0.194. The highest BCUT2D eigenvalue weighted by atomic mass is 16.5. The number of benzene rings is 3. The Bertz CT molecular complexity index is 1080. The van der Waals surface area contributed by atoms with Crippen LogP contribution >= 0.6 is 0 Å².